The smallest absolute Gasteiger partial charge is 0.137 e. The Morgan fingerprint density at radius 2 is 1.81 bits per heavy atom. The zero-order valence-electron chi connectivity index (χ0n) is 11.9. The summed E-state index contributed by atoms with van der Waals surface area (Å²) in [6.45, 7) is 0.861. The van der Waals surface area contributed by atoms with Crippen molar-refractivity contribution in [1.82, 2.24) is 9.97 Å². The van der Waals surface area contributed by atoms with Crippen molar-refractivity contribution in [3.63, 3.8) is 0 Å². The van der Waals surface area contributed by atoms with Gasteiger partial charge in [0.1, 0.15) is 12.1 Å². The van der Waals surface area contributed by atoms with Gasteiger partial charge in [-0.3, -0.25) is 0 Å². The molecule has 0 bridgehead atoms. The first kappa shape index (κ1) is 13.9. The second kappa shape index (κ2) is 6.59. The van der Waals surface area contributed by atoms with Crippen molar-refractivity contribution in [3.8, 4) is 0 Å². The molecule has 0 aliphatic heterocycles. The first-order chi connectivity index (χ1) is 10.4. The molecule has 3 nitrogen and oxygen atoms in total. The third-order valence-corrected chi connectivity index (χ3v) is 4.15. The van der Waals surface area contributed by atoms with Crippen LogP contribution >= 0.6 is 11.8 Å². The number of aromatic nitrogens is 2. The molecule has 0 amide bonds. The molecule has 1 heterocycles. The van der Waals surface area contributed by atoms with Crippen LogP contribution in [-0.2, 0) is 6.42 Å². The lowest BCUT2D eigenvalue weighted by Crippen LogP contribution is -2.07. The number of hydrogen-bond acceptors (Lipinski definition) is 4. The van der Waals surface area contributed by atoms with Crippen LogP contribution in [0, 0.1) is 0 Å². The fourth-order valence-electron chi connectivity index (χ4n) is 2.26. The van der Waals surface area contributed by atoms with Gasteiger partial charge in [0.2, 0.25) is 0 Å². The normalized spacial score (nSPS) is 10.7. The number of anilines is 1. The molecule has 0 radical (unpaired) electrons. The fourth-order valence-corrected chi connectivity index (χ4v) is 2.67. The van der Waals surface area contributed by atoms with Gasteiger partial charge in [-0.1, -0.05) is 24.3 Å². The zero-order valence-corrected chi connectivity index (χ0v) is 12.7. The van der Waals surface area contributed by atoms with Crippen LogP contribution in [0.2, 0.25) is 0 Å². The molecule has 0 aliphatic carbocycles. The Hall–Kier alpha value is -2.07. The van der Waals surface area contributed by atoms with Gasteiger partial charge < -0.3 is 5.32 Å². The molecule has 0 unspecified atom stereocenters. The van der Waals surface area contributed by atoms with Gasteiger partial charge in [-0.2, -0.15) is 0 Å². The molecular formula is C17H17N3S. The van der Waals surface area contributed by atoms with Gasteiger partial charge in [0, 0.05) is 16.8 Å². The van der Waals surface area contributed by atoms with Crippen LogP contribution in [0.4, 0.5) is 5.82 Å². The standard InChI is InChI=1S/C17H17N3S/c1-21-14-8-6-13(7-9-14)10-11-18-17-15-4-2-3-5-16(15)19-12-20-17/h2-9,12H,10-11H2,1H3,(H,18,19,20). The largest absolute Gasteiger partial charge is 0.369 e. The van der Waals surface area contributed by atoms with E-state index in [4.69, 9.17) is 0 Å². The quantitative estimate of drug-likeness (QED) is 0.722. The first-order valence-electron chi connectivity index (χ1n) is 6.93. The van der Waals surface area contributed by atoms with Crippen LogP contribution in [0.3, 0.4) is 0 Å². The number of fused-ring (bicyclic) bond motifs is 1. The van der Waals surface area contributed by atoms with Gasteiger partial charge in [-0.05, 0) is 42.5 Å². The maximum absolute atomic E-state index is 4.34. The van der Waals surface area contributed by atoms with E-state index in [9.17, 15) is 0 Å². The Labute approximate surface area is 128 Å². The first-order valence-corrected chi connectivity index (χ1v) is 8.16. The molecule has 1 N–H and O–H groups in total. The van der Waals surface area contributed by atoms with E-state index in [1.807, 2.05) is 24.3 Å². The summed E-state index contributed by atoms with van der Waals surface area (Å²) in [6.07, 6.45) is 4.68. The van der Waals surface area contributed by atoms with E-state index in [2.05, 4.69) is 45.8 Å². The fraction of sp³-hybridized carbons (Fsp3) is 0.176. The van der Waals surface area contributed by atoms with Crippen LogP contribution in [0.15, 0.2) is 59.8 Å². The van der Waals surface area contributed by atoms with Gasteiger partial charge >= 0.3 is 0 Å². The zero-order chi connectivity index (χ0) is 14.5. The summed E-state index contributed by atoms with van der Waals surface area (Å²) in [5, 5.41) is 4.48. The summed E-state index contributed by atoms with van der Waals surface area (Å²) in [6, 6.07) is 16.8. The van der Waals surface area contributed by atoms with Crippen molar-refractivity contribution in [1.29, 1.82) is 0 Å². The van der Waals surface area contributed by atoms with Crippen molar-refractivity contribution < 1.29 is 0 Å². The summed E-state index contributed by atoms with van der Waals surface area (Å²) < 4.78 is 0. The van der Waals surface area contributed by atoms with Gasteiger partial charge in [-0.25, -0.2) is 9.97 Å². The number of hydrogen-bond donors (Lipinski definition) is 1. The van der Waals surface area contributed by atoms with Crippen LogP contribution < -0.4 is 5.32 Å². The number of rotatable bonds is 5. The monoisotopic (exact) mass is 295 g/mol. The molecule has 3 aromatic rings. The molecular weight excluding hydrogens is 278 g/mol. The lowest BCUT2D eigenvalue weighted by atomic mass is 10.1. The summed E-state index contributed by atoms with van der Waals surface area (Å²) >= 11 is 1.77. The van der Waals surface area contributed by atoms with Crippen molar-refractivity contribution in [2.45, 2.75) is 11.3 Å². The Morgan fingerprint density at radius 1 is 1.00 bits per heavy atom. The lowest BCUT2D eigenvalue weighted by molar-refractivity contribution is 1.00. The van der Waals surface area contributed by atoms with E-state index >= 15 is 0 Å². The third-order valence-electron chi connectivity index (χ3n) is 3.41. The molecule has 0 saturated carbocycles. The van der Waals surface area contributed by atoms with Crippen LogP contribution in [0.1, 0.15) is 5.56 Å². The van der Waals surface area contributed by atoms with Crippen LogP contribution in [-0.4, -0.2) is 22.8 Å². The molecule has 3 rings (SSSR count). The highest BCUT2D eigenvalue weighted by atomic mass is 32.2. The minimum Gasteiger partial charge on any atom is -0.369 e. The predicted octanol–water partition coefficient (Wildman–Crippen LogP) is 4.01. The Kier molecular flexibility index (Phi) is 4.36. The number of nitrogens with one attached hydrogen (secondary N) is 1. The average Bonchev–Trinajstić information content (AvgIpc) is 2.56. The van der Waals surface area contributed by atoms with Crippen LogP contribution in [0.5, 0.6) is 0 Å². The van der Waals surface area contributed by atoms with E-state index in [1.54, 1.807) is 18.1 Å². The Balaban J connectivity index is 1.66. The molecule has 1 aromatic heterocycles. The molecule has 2 aromatic carbocycles. The van der Waals surface area contributed by atoms with Crippen molar-refractivity contribution in [2.75, 3.05) is 18.1 Å². The topological polar surface area (TPSA) is 37.8 Å². The number of nitrogens with zero attached hydrogens (tertiary/aromatic N) is 2. The molecule has 0 aliphatic rings. The Morgan fingerprint density at radius 3 is 2.62 bits per heavy atom. The van der Waals surface area contributed by atoms with Crippen molar-refractivity contribution in [3.05, 3.63) is 60.4 Å². The van der Waals surface area contributed by atoms with E-state index in [0.717, 1.165) is 29.7 Å². The van der Waals surface area contributed by atoms with E-state index in [-0.39, 0.29) is 0 Å². The highest BCUT2D eigenvalue weighted by molar-refractivity contribution is 7.98. The maximum atomic E-state index is 4.34. The number of thioether (sulfide) groups is 1. The highest BCUT2D eigenvalue weighted by Crippen LogP contribution is 2.18. The highest BCUT2D eigenvalue weighted by Gasteiger charge is 2.02. The molecule has 0 spiro atoms. The predicted molar refractivity (Wildman–Crippen MR) is 90.0 cm³/mol. The summed E-state index contributed by atoms with van der Waals surface area (Å²) in [7, 11) is 0. The minimum atomic E-state index is 0.861. The summed E-state index contributed by atoms with van der Waals surface area (Å²) in [5.41, 5.74) is 2.30. The average molecular weight is 295 g/mol. The molecule has 21 heavy (non-hydrogen) atoms. The molecule has 0 fully saturated rings. The van der Waals surface area contributed by atoms with Crippen molar-refractivity contribution >= 4 is 28.5 Å². The summed E-state index contributed by atoms with van der Waals surface area (Å²) in [4.78, 5) is 9.91. The second-order valence-corrected chi connectivity index (χ2v) is 5.64. The van der Waals surface area contributed by atoms with Crippen molar-refractivity contribution in [2.24, 2.45) is 0 Å². The van der Waals surface area contributed by atoms with Crippen LogP contribution in [0.25, 0.3) is 10.9 Å². The van der Waals surface area contributed by atoms with Gasteiger partial charge in [-0.15, -0.1) is 11.8 Å². The minimum absolute atomic E-state index is 0.861. The van der Waals surface area contributed by atoms with E-state index in [0.29, 0.717) is 0 Å². The van der Waals surface area contributed by atoms with Gasteiger partial charge in [0.05, 0.1) is 5.52 Å². The lowest BCUT2D eigenvalue weighted by Gasteiger charge is -2.08. The maximum Gasteiger partial charge on any atom is 0.137 e. The molecule has 0 saturated heterocycles. The van der Waals surface area contributed by atoms with Gasteiger partial charge in [0.25, 0.3) is 0 Å². The number of para-hydroxylation sites is 1. The SMILES string of the molecule is CSc1ccc(CCNc2ncnc3ccccc23)cc1. The molecule has 0 atom stereocenters. The van der Waals surface area contributed by atoms with E-state index in [1.165, 1.54) is 10.5 Å². The second-order valence-electron chi connectivity index (χ2n) is 4.76. The summed E-state index contributed by atoms with van der Waals surface area (Å²) in [5.74, 6) is 0.904. The van der Waals surface area contributed by atoms with Gasteiger partial charge in [0.15, 0.2) is 0 Å². The third kappa shape index (κ3) is 3.34. The van der Waals surface area contributed by atoms with E-state index < -0.39 is 0 Å². The molecule has 106 valence electrons. The Bertz CT molecular complexity index is 720. The molecule has 4 heteroatoms. The number of benzene rings is 2.